The van der Waals surface area contributed by atoms with Crippen LogP contribution < -0.4 is 5.32 Å². The predicted molar refractivity (Wildman–Crippen MR) is 72.9 cm³/mol. The van der Waals surface area contributed by atoms with Gasteiger partial charge in [-0.25, -0.2) is 0 Å². The van der Waals surface area contributed by atoms with Gasteiger partial charge in [0.05, 0.1) is 16.1 Å². The first kappa shape index (κ1) is 13.3. The largest absolute Gasteiger partial charge is 0.356 e. The molecule has 0 spiro atoms. The Morgan fingerprint density at radius 3 is 3.15 bits per heavy atom. The minimum Gasteiger partial charge on any atom is -0.356 e. The van der Waals surface area contributed by atoms with Crippen molar-refractivity contribution in [1.82, 2.24) is 25.2 Å². The SMILES string of the molecule is C[C@]1(c2nc(Cn3cc(Br)cn3)no2)CCNC(=O)C1. The lowest BCUT2D eigenvalue weighted by Gasteiger charge is -2.29. The maximum Gasteiger partial charge on any atom is 0.233 e. The van der Waals surface area contributed by atoms with Gasteiger partial charge >= 0.3 is 0 Å². The van der Waals surface area contributed by atoms with Gasteiger partial charge in [0.25, 0.3) is 0 Å². The summed E-state index contributed by atoms with van der Waals surface area (Å²) in [5.74, 6) is 1.10. The zero-order chi connectivity index (χ0) is 14.2. The Morgan fingerprint density at radius 1 is 1.60 bits per heavy atom. The molecule has 8 heteroatoms. The molecule has 1 amide bonds. The predicted octanol–water partition coefficient (Wildman–Crippen LogP) is 1.24. The molecule has 0 bridgehead atoms. The van der Waals surface area contributed by atoms with E-state index in [2.05, 4.69) is 36.5 Å². The number of nitrogens with zero attached hydrogens (tertiary/aromatic N) is 4. The van der Waals surface area contributed by atoms with Crippen LogP contribution in [-0.2, 0) is 16.8 Å². The molecular formula is C12H14BrN5O2. The molecule has 7 nitrogen and oxygen atoms in total. The summed E-state index contributed by atoms with van der Waals surface area (Å²) in [5, 5.41) is 10.9. The quantitative estimate of drug-likeness (QED) is 0.909. The standard InChI is InChI=1S/C12H14BrN5O2/c1-12(2-3-14-10(19)4-12)11-16-9(17-20-11)7-18-6-8(13)5-15-18/h5-6H,2-4,7H2,1H3,(H,14,19)/t12-/m0/s1. The van der Waals surface area contributed by atoms with E-state index in [4.69, 9.17) is 4.52 Å². The van der Waals surface area contributed by atoms with Crippen molar-refractivity contribution in [2.24, 2.45) is 0 Å². The summed E-state index contributed by atoms with van der Waals surface area (Å²) in [6, 6.07) is 0. The van der Waals surface area contributed by atoms with Crippen LogP contribution >= 0.6 is 15.9 Å². The summed E-state index contributed by atoms with van der Waals surface area (Å²) in [4.78, 5) is 15.9. The summed E-state index contributed by atoms with van der Waals surface area (Å²) >= 11 is 3.34. The number of halogens is 1. The minimum atomic E-state index is -0.377. The van der Waals surface area contributed by atoms with E-state index < -0.39 is 0 Å². The molecule has 1 atom stereocenters. The lowest BCUT2D eigenvalue weighted by molar-refractivity contribution is -0.124. The van der Waals surface area contributed by atoms with E-state index in [0.29, 0.717) is 31.2 Å². The molecular weight excluding hydrogens is 326 g/mol. The van der Waals surface area contributed by atoms with Gasteiger partial charge in [-0.1, -0.05) is 12.1 Å². The summed E-state index contributed by atoms with van der Waals surface area (Å²) in [5.41, 5.74) is -0.377. The van der Waals surface area contributed by atoms with Gasteiger partial charge in [-0.05, 0) is 22.4 Å². The maximum atomic E-state index is 11.5. The molecule has 3 rings (SSSR count). The first-order valence-corrected chi connectivity index (χ1v) is 7.12. The van der Waals surface area contributed by atoms with Crippen molar-refractivity contribution >= 4 is 21.8 Å². The topological polar surface area (TPSA) is 85.8 Å². The summed E-state index contributed by atoms with van der Waals surface area (Å²) in [6.45, 7) is 3.06. The Kier molecular flexibility index (Phi) is 3.33. The van der Waals surface area contributed by atoms with Gasteiger partial charge in [0, 0.05) is 19.2 Å². The number of carbonyl (C=O) groups is 1. The number of rotatable bonds is 3. The third kappa shape index (κ3) is 2.60. The molecule has 1 N–H and O–H groups in total. The monoisotopic (exact) mass is 339 g/mol. The van der Waals surface area contributed by atoms with Gasteiger partial charge in [-0.15, -0.1) is 0 Å². The zero-order valence-corrected chi connectivity index (χ0v) is 12.6. The van der Waals surface area contributed by atoms with Gasteiger partial charge in [-0.3, -0.25) is 9.48 Å². The summed E-state index contributed by atoms with van der Waals surface area (Å²) < 4.78 is 7.96. The number of piperidine rings is 1. The third-order valence-electron chi connectivity index (χ3n) is 3.44. The fraction of sp³-hybridized carbons (Fsp3) is 0.500. The molecule has 2 aromatic rings. The van der Waals surface area contributed by atoms with Gasteiger partial charge in [0.1, 0.15) is 6.54 Å². The van der Waals surface area contributed by atoms with Crippen molar-refractivity contribution in [1.29, 1.82) is 0 Å². The zero-order valence-electron chi connectivity index (χ0n) is 11.0. The highest BCUT2D eigenvalue weighted by molar-refractivity contribution is 9.10. The van der Waals surface area contributed by atoms with Gasteiger partial charge < -0.3 is 9.84 Å². The molecule has 0 saturated carbocycles. The maximum absolute atomic E-state index is 11.5. The molecule has 3 heterocycles. The smallest absolute Gasteiger partial charge is 0.233 e. The third-order valence-corrected chi connectivity index (χ3v) is 3.85. The molecule has 0 aliphatic carbocycles. The minimum absolute atomic E-state index is 0.0227. The van der Waals surface area contributed by atoms with Crippen LogP contribution in [0.1, 0.15) is 31.5 Å². The Hall–Kier alpha value is -1.70. The molecule has 0 aromatic carbocycles. The second kappa shape index (κ2) is 5.01. The number of carbonyl (C=O) groups excluding carboxylic acids is 1. The second-order valence-electron chi connectivity index (χ2n) is 5.21. The van der Waals surface area contributed by atoms with E-state index in [1.807, 2.05) is 13.1 Å². The highest BCUT2D eigenvalue weighted by Gasteiger charge is 2.38. The van der Waals surface area contributed by atoms with E-state index in [1.54, 1.807) is 10.9 Å². The van der Waals surface area contributed by atoms with Crippen molar-refractivity contribution < 1.29 is 9.32 Å². The lowest BCUT2D eigenvalue weighted by Crippen LogP contribution is -2.41. The fourth-order valence-electron chi connectivity index (χ4n) is 2.30. The molecule has 20 heavy (non-hydrogen) atoms. The van der Waals surface area contributed by atoms with Crippen LogP contribution in [0.2, 0.25) is 0 Å². The Labute approximate surface area is 123 Å². The Bertz CT molecular complexity index is 637. The molecule has 1 fully saturated rings. The van der Waals surface area contributed by atoms with Crippen molar-refractivity contribution in [2.45, 2.75) is 31.7 Å². The highest BCUT2D eigenvalue weighted by atomic mass is 79.9. The van der Waals surface area contributed by atoms with Crippen LogP contribution in [0, 0.1) is 0 Å². The molecule has 2 aromatic heterocycles. The second-order valence-corrected chi connectivity index (χ2v) is 6.12. The molecule has 0 unspecified atom stereocenters. The van der Waals surface area contributed by atoms with E-state index in [-0.39, 0.29) is 11.3 Å². The average Bonchev–Trinajstić information content (AvgIpc) is 2.99. The summed E-state index contributed by atoms with van der Waals surface area (Å²) in [7, 11) is 0. The van der Waals surface area contributed by atoms with Gasteiger partial charge in [0.2, 0.25) is 11.8 Å². The van der Waals surface area contributed by atoms with Crippen LogP contribution in [0.4, 0.5) is 0 Å². The van der Waals surface area contributed by atoms with E-state index in [1.165, 1.54) is 0 Å². The van der Waals surface area contributed by atoms with Crippen LogP contribution in [0.25, 0.3) is 0 Å². The number of amides is 1. The van der Waals surface area contributed by atoms with Crippen LogP contribution in [0.5, 0.6) is 0 Å². The van der Waals surface area contributed by atoms with Crippen molar-refractivity contribution in [3.8, 4) is 0 Å². The highest BCUT2D eigenvalue weighted by Crippen LogP contribution is 2.31. The average molecular weight is 340 g/mol. The van der Waals surface area contributed by atoms with Gasteiger partial charge in [0.15, 0.2) is 5.82 Å². The van der Waals surface area contributed by atoms with Crippen molar-refractivity contribution in [2.75, 3.05) is 6.54 Å². The molecule has 0 radical (unpaired) electrons. The first-order chi connectivity index (χ1) is 9.55. The van der Waals surface area contributed by atoms with E-state index >= 15 is 0 Å². The number of hydrogen-bond acceptors (Lipinski definition) is 5. The molecule has 1 aliphatic rings. The fourth-order valence-corrected chi connectivity index (χ4v) is 2.63. The summed E-state index contributed by atoms with van der Waals surface area (Å²) in [6.07, 6.45) is 4.72. The van der Waals surface area contributed by atoms with E-state index in [0.717, 1.165) is 10.9 Å². The van der Waals surface area contributed by atoms with Crippen LogP contribution in [0.3, 0.4) is 0 Å². The van der Waals surface area contributed by atoms with Crippen LogP contribution in [-0.4, -0.2) is 32.4 Å². The van der Waals surface area contributed by atoms with Crippen molar-refractivity contribution in [3.63, 3.8) is 0 Å². The first-order valence-electron chi connectivity index (χ1n) is 6.33. The number of hydrogen-bond donors (Lipinski definition) is 1. The number of nitrogens with one attached hydrogen (secondary N) is 1. The van der Waals surface area contributed by atoms with Gasteiger partial charge in [-0.2, -0.15) is 10.1 Å². The Balaban J connectivity index is 1.77. The Morgan fingerprint density at radius 2 is 2.45 bits per heavy atom. The van der Waals surface area contributed by atoms with Crippen LogP contribution in [0.15, 0.2) is 21.4 Å². The normalized spacial score (nSPS) is 22.8. The van der Waals surface area contributed by atoms with Crippen molar-refractivity contribution in [3.05, 3.63) is 28.6 Å². The molecule has 1 aliphatic heterocycles. The molecule has 1 saturated heterocycles. The van der Waals surface area contributed by atoms with E-state index in [9.17, 15) is 4.79 Å². The molecule has 106 valence electrons. The number of aromatic nitrogens is 4. The lowest BCUT2D eigenvalue weighted by atomic mass is 9.80.